The third kappa shape index (κ3) is 3.55. The second-order valence-electron chi connectivity index (χ2n) is 6.24. The van der Waals surface area contributed by atoms with Gasteiger partial charge in [-0.1, -0.05) is 30.3 Å². The number of carbonyl (C=O) groups excluding carboxylic acids is 2. The molecule has 0 aliphatic carbocycles. The first-order chi connectivity index (χ1) is 13.5. The highest BCUT2D eigenvalue weighted by atomic mass is 16.6. The van der Waals surface area contributed by atoms with Crippen molar-refractivity contribution in [3.05, 3.63) is 81.0 Å². The van der Waals surface area contributed by atoms with Gasteiger partial charge in [0.2, 0.25) is 0 Å². The Kier molecular flexibility index (Phi) is 5.35. The zero-order valence-corrected chi connectivity index (χ0v) is 15.4. The zero-order chi connectivity index (χ0) is 20.3. The molecule has 0 aliphatic rings. The minimum Gasteiger partial charge on any atom is -0.466 e. The van der Waals surface area contributed by atoms with E-state index in [1.54, 1.807) is 16.7 Å². The summed E-state index contributed by atoms with van der Waals surface area (Å²) in [6.07, 6.45) is 2.30. The van der Waals surface area contributed by atoms with E-state index in [-0.39, 0.29) is 17.8 Å². The monoisotopic (exact) mass is 378 g/mol. The fourth-order valence-corrected chi connectivity index (χ4v) is 3.22. The van der Waals surface area contributed by atoms with Gasteiger partial charge in [-0.05, 0) is 30.2 Å². The van der Waals surface area contributed by atoms with E-state index in [2.05, 4.69) is 0 Å². The van der Waals surface area contributed by atoms with Gasteiger partial charge in [0.15, 0.2) is 6.29 Å². The number of nitro groups is 1. The van der Waals surface area contributed by atoms with Crippen molar-refractivity contribution in [2.45, 2.75) is 13.5 Å². The number of hydrogen-bond donors (Lipinski definition) is 0. The second-order valence-corrected chi connectivity index (χ2v) is 6.24. The Morgan fingerprint density at radius 2 is 1.96 bits per heavy atom. The van der Waals surface area contributed by atoms with Crippen LogP contribution in [0.2, 0.25) is 0 Å². The molecule has 1 heterocycles. The molecule has 7 heteroatoms. The third-order valence-corrected chi connectivity index (χ3v) is 4.58. The number of fused-ring (bicyclic) bond motifs is 1. The van der Waals surface area contributed by atoms with E-state index in [0.29, 0.717) is 11.3 Å². The van der Waals surface area contributed by atoms with Crippen molar-refractivity contribution in [2.24, 2.45) is 0 Å². The number of methoxy groups -OCH3 is 1. The number of hydrogen-bond acceptors (Lipinski definition) is 5. The lowest BCUT2D eigenvalue weighted by Gasteiger charge is -2.11. The number of para-hydroxylation sites is 1. The van der Waals surface area contributed by atoms with Crippen LogP contribution in [0.3, 0.4) is 0 Å². The van der Waals surface area contributed by atoms with Crippen LogP contribution in [0.15, 0.2) is 54.1 Å². The van der Waals surface area contributed by atoms with Crippen molar-refractivity contribution in [1.82, 2.24) is 4.57 Å². The molecule has 3 aromatic rings. The highest BCUT2D eigenvalue weighted by Crippen LogP contribution is 2.26. The Labute approximate surface area is 161 Å². The molecule has 142 valence electrons. The van der Waals surface area contributed by atoms with Crippen LogP contribution in [0.25, 0.3) is 17.0 Å². The number of non-ortho nitro benzene ring substituents is 1. The summed E-state index contributed by atoms with van der Waals surface area (Å²) in [5.74, 6) is -0.571. The van der Waals surface area contributed by atoms with Crippen molar-refractivity contribution in [1.29, 1.82) is 0 Å². The lowest BCUT2D eigenvalue weighted by atomic mass is 10.1. The molecule has 0 saturated carbocycles. The van der Waals surface area contributed by atoms with Gasteiger partial charge in [-0.25, -0.2) is 4.79 Å². The number of esters is 1. The molecule has 1 aromatic heterocycles. The molecule has 0 atom stereocenters. The average Bonchev–Trinajstić information content (AvgIpc) is 2.98. The summed E-state index contributed by atoms with van der Waals surface area (Å²) >= 11 is 0. The molecule has 0 bridgehead atoms. The SMILES string of the molecule is COC(=O)/C(=C/c1cccc([N+](=O)[O-])c1)Cn1c(C=O)c(C)c2ccccc21. The fraction of sp³-hybridized carbons (Fsp3) is 0.143. The topological polar surface area (TPSA) is 91.4 Å². The maximum atomic E-state index is 12.4. The predicted molar refractivity (Wildman–Crippen MR) is 105 cm³/mol. The summed E-state index contributed by atoms with van der Waals surface area (Å²) in [5, 5.41) is 11.9. The molecule has 2 aromatic carbocycles. The van der Waals surface area contributed by atoms with Crippen molar-refractivity contribution in [3.63, 3.8) is 0 Å². The molecular weight excluding hydrogens is 360 g/mol. The predicted octanol–water partition coefficient (Wildman–Crippen LogP) is 3.93. The van der Waals surface area contributed by atoms with Crippen molar-refractivity contribution < 1.29 is 19.2 Å². The van der Waals surface area contributed by atoms with E-state index in [0.717, 1.165) is 22.8 Å². The van der Waals surface area contributed by atoms with E-state index in [1.165, 1.54) is 25.3 Å². The maximum absolute atomic E-state index is 12.4. The molecule has 0 aliphatic heterocycles. The fourth-order valence-electron chi connectivity index (χ4n) is 3.22. The molecule has 0 amide bonds. The van der Waals surface area contributed by atoms with Gasteiger partial charge in [0.05, 0.1) is 29.8 Å². The van der Waals surface area contributed by atoms with Gasteiger partial charge < -0.3 is 9.30 Å². The Morgan fingerprint density at radius 3 is 2.64 bits per heavy atom. The number of carbonyl (C=O) groups is 2. The quantitative estimate of drug-likeness (QED) is 0.213. The van der Waals surface area contributed by atoms with Crippen LogP contribution in [-0.4, -0.2) is 28.9 Å². The van der Waals surface area contributed by atoms with Crippen LogP contribution < -0.4 is 0 Å². The Balaban J connectivity index is 2.12. The van der Waals surface area contributed by atoms with Crippen LogP contribution >= 0.6 is 0 Å². The molecular formula is C21H18N2O5. The standard InChI is InChI=1S/C21H18N2O5/c1-14-18-8-3-4-9-19(18)22(20(14)13-24)12-16(21(25)28-2)10-15-6-5-7-17(11-15)23(26)27/h3-11,13H,12H2,1-2H3/b16-10+. The van der Waals surface area contributed by atoms with Gasteiger partial charge in [0, 0.05) is 23.0 Å². The number of aromatic nitrogens is 1. The summed E-state index contributed by atoms with van der Waals surface area (Å²) < 4.78 is 6.63. The van der Waals surface area contributed by atoms with Crippen LogP contribution in [0.1, 0.15) is 21.6 Å². The van der Waals surface area contributed by atoms with Gasteiger partial charge in [0.1, 0.15) is 0 Å². The molecule has 0 fully saturated rings. The van der Waals surface area contributed by atoms with Crippen molar-refractivity contribution in [2.75, 3.05) is 7.11 Å². The first-order valence-corrected chi connectivity index (χ1v) is 8.52. The summed E-state index contributed by atoms with van der Waals surface area (Å²) in [6.45, 7) is 1.95. The minimum atomic E-state index is -0.571. The number of nitro benzene ring substituents is 1. The van der Waals surface area contributed by atoms with E-state index < -0.39 is 10.9 Å². The largest absolute Gasteiger partial charge is 0.466 e. The first kappa shape index (κ1) is 19.0. The van der Waals surface area contributed by atoms with Gasteiger partial charge in [-0.2, -0.15) is 0 Å². The van der Waals surface area contributed by atoms with Crippen LogP contribution in [-0.2, 0) is 16.1 Å². The van der Waals surface area contributed by atoms with Crippen LogP contribution in [0, 0.1) is 17.0 Å². The van der Waals surface area contributed by atoms with E-state index in [1.807, 2.05) is 31.2 Å². The zero-order valence-electron chi connectivity index (χ0n) is 15.4. The highest BCUT2D eigenvalue weighted by molar-refractivity contribution is 5.96. The third-order valence-electron chi connectivity index (χ3n) is 4.58. The molecule has 0 saturated heterocycles. The lowest BCUT2D eigenvalue weighted by molar-refractivity contribution is -0.384. The first-order valence-electron chi connectivity index (χ1n) is 8.52. The van der Waals surface area contributed by atoms with Crippen LogP contribution in [0.4, 0.5) is 5.69 Å². The summed E-state index contributed by atoms with van der Waals surface area (Å²) in [4.78, 5) is 34.5. The van der Waals surface area contributed by atoms with E-state index in [4.69, 9.17) is 4.74 Å². The molecule has 0 N–H and O–H groups in total. The number of aldehydes is 1. The number of benzene rings is 2. The molecule has 28 heavy (non-hydrogen) atoms. The van der Waals surface area contributed by atoms with Crippen molar-refractivity contribution >= 4 is 34.9 Å². The lowest BCUT2D eigenvalue weighted by Crippen LogP contribution is -2.13. The number of aryl methyl sites for hydroxylation is 1. The maximum Gasteiger partial charge on any atom is 0.335 e. The average molecular weight is 378 g/mol. The number of ether oxygens (including phenoxy) is 1. The summed E-state index contributed by atoms with van der Waals surface area (Å²) in [6, 6.07) is 13.5. The summed E-state index contributed by atoms with van der Waals surface area (Å²) in [5.41, 5.74) is 2.80. The Morgan fingerprint density at radius 1 is 1.21 bits per heavy atom. The van der Waals surface area contributed by atoms with E-state index in [9.17, 15) is 19.7 Å². The molecule has 7 nitrogen and oxygen atoms in total. The summed E-state index contributed by atoms with van der Waals surface area (Å²) in [7, 11) is 1.27. The minimum absolute atomic E-state index is 0.0752. The Hall–Kier alpha value is -3.74. The smallest absolute Gasteiger partial charge is 0.335 e. The number of rotatable bonds is 6. The molecule has 0 spiro atoms. The molecule has 0 radical (unpaired) electrons. The Bertz CT molecular complexity index is 1110. The van der Waals surface area contributed by atoms with Crippen LogP contribution in [0.5, 0.6) is 0 Å². The van der Waals surface area contributed by atoms with Gasteiger partial charge in [-0.3, -0.25) is 14.9 Å². The number of nitrogens with zero attached hydrogens (tertiary/aromatic N) is 2. The van der Waals surface area contributed by atoms with Crippen molar-refractivity contribution in [3.8, 4) is 0 Å². The van der Waals surface area contributed by atoms with Gasteiger partial charge in [-0.15, -0.1) is 0 Å². The molecule has 0 unspecified atom stereocenters. The molecule has 3 rings (SSSR count). The second kappa shape index (κ2) is 7.87. The highest BCUT2D eigenvalue weighted by Gasteiger charge is 2.18. The van der Waals surface area contributed by atoms with Gasteiger partial charge in [0.25, 0.3) is 5.69 Å². The van der Waals surface area contributed by atoms with Gasteiger partial charge >= 0.3 is 5.97 Å². The normalized spacial score (nSPS) is 11.4. The van der Waals surface area contributed by atoms with E-state index >= 15 is 0 Å².